The number of hydrogen-bond donors (Lipinski definition) is 1. The summed E-state index contributed by atoms with van der Waals surface area (Å²) in [5.41, 5.74) is 1.36. The fourth-order valence-electron chi connectivity index (χ4n) is 0.882. The molecule has 0 aromatic heterocycles. The Morgan fingerprint density at radius 3 is 2.73 bits per heavy atom. The van der Waals surface area contributed by atoms with E-state index in [1.807, 2.05) is 0 Å². The summed E-state index contributed by atoms with van der Waals surface area (Å²) in [4.78, 5) is 4.28. The molecule has 1 N–H and O–H groups in total. The molecule has 1 aliphatic heterocycles. The summed E-state index contributed by atoms with van der Waals surface area (Å²) in [7, 11) is 0. The normalized spacial score (nSPS) is 17.2. The molecular formula is C9H16N2. The highest BCUT2D eigenvalue weighted by atomic mass is 15.0. The van der Waals surface area contributed by atoms with E-state index < -0.39 is 0 Å². The first-order chi connectivity index (χ1) is 5.08. The van der Waals surface area contributed by atoms with Crippen molar-refractivity contribution in [3.05, 3.63) is 12.2 Å². The predicted octanol–water partition coefficient (Wildman–Crippen LogP) is 1.39. The van der Waals surface area contributed by atoms with Gasteiger partial charge in [-0.1, -0.05) is 6.08 Å². The molecule has 0 amide bonds. The molecule has 2 heteroatoms. The van der Waals surface area contributed by atoms with Crippen LogP contribution < -0.4 is 5.32 Å². The van der Waals surface area contributed by atoms with Crippen molar-refractivity contribution in [1.82, 2.24) is 5.32 Å². The fraction of sp³-hybridized carbons (Fsp3) is 0.667. The molecule has 1 aliphatic rings. The molecule has 1 rings (SSSR count). The zero-order chi connectivity index (χ0) is 8.32. The van der Waals surface area contributed by atoms with Crippen LogP contribution in [-0.4, -0.2) is 24.3 Å². The lowest BCUT2D eigenvalue weighted by molar-refractivity contribution is 0.455. The second-order valence-corrected chi connectivity index (χ2v) is 3.84. The van der Waals surface area contributed by atoms with Gasteiger partial charge < -0.3 is 5.32 Å². The Balaban J connectivity index is 2.28. The lowest BCUT2D eigenvalue weighted by Gasteiger charge is -2.19. The summed E-state index contributed by atoms with van der Waals surface area (Å²) in [6.07, 6.45) is 4.17. The Kier molecular flexibility index (Phi) is 2.45. The van der Waals surface area contributed by atoms with Gasteiger partial charge in [-0.25, -0.2) is 0 Å². The van der Waals surface area contributed by atoms with Crippen molar-refractivity contribution >= 4 is 5.71 Å². The van der Waals surface area contributed by atoms with Crippen molar-refractivity contribution < 1.29 is 0 Å². The van der Waals surface area contributed by atoms with Gasteiger partial charge in [0.1, 0.15) is 0 Å². The van der Waals surface area contributed by atoms with E-state index in [1.165, 1.54) is 5.71 Å². The molecule has 62 valence electrons. The van der Waals surface area contributed by atoms with Crippen molar-refractivity contribution in [2.75, 3.05) is 13.1 Å². The van der Waals surface area contributed by atoms with Crippen LogP contribution >= 0.6 is 0 Å². The monoisotopic (exact) mass is 152 g/mol. The summed E-state index contributed by atoms with van der Waals surface area (Å²) < 4.78 is 0. The summed E-state index contributed by atoms with van der Waals surface area (Å²) in [5.74, 6) is 0. The summed E-state index contributed by atoms with van der Waals surface area (Å²) in [6, 6.07) is 0. The fourth-order valence-corrected chi connectivity index (χ4v) is 0.882. The molecule has 0 fully saturated rings. The average Bonchev–Trinajstić information content (AvgIpc) is 2.32. The molecule has 0 atom stereocenters. The lowest BCUT2D eigenvalue weighted by atomic mass is 10.1. The van der Waals surface area contributed by atoms with Crippen LogP contribution in [0.3, 0.4) is 0 Å². The van der Waals surface area contributed by atoms with Crippen molar-refractivity contribution in [3.8, 4) is 0 Å². The topological polar surface area (TPSA) is 24.4 Å². The van der Waals surface area contributed by atoms with E-state index in [0.717, 1.165) is 13.1 Å². The highest BCUT2D eigenvalue weighted by Gasteiger charge is 2.09. The summed E-state index contributed by atoms with van der Waals surface area (Å²) in [6.45, 7) is 8.23. The van der Waals surface area contributed by atoms with Gasteiger partial charge in [-0.3, -0.25) is 4.99 Å². The largest absolute Gasteiger partial charge is 0.306 e. The van der Waals surface area contributed by atoms with Crippen molar-refractivity contribution in [3.63, 3.8) is 0 Å². The van der Waals surface area contributed by atoms with Gasteiger partial charge in [0.15, 0.2) is 0 Å². The number of nitrogens with zero attached hydrogens (tertiary/aromatic N) is 1. The van der Waals surface area contributed by atoms with Gasteiger partial charge in [0.2, 0.25) is 0 Å². The number of aliphatic imine (C=N–C) groups is 1. The molecule has 0 saturated carbocycles. The van der Waals surface area contributed by atoms with Gasteiger partial charge in [0, 0.05) is 17.8 Å². The third-order valence-electron chi connectivity index (χ3n) is 1.51. The van der Waals surface area contributed by atoms with Gasteiger partial charge in [0.25, 0.3) is 0 Å². The van der Waals surface area contributed by atoms with E-state index in [4.69, 9.17) is 0 Å². The standard InChI is InChI=1S/C9H16N2/c1-9(2,3)11-7-8-5-4-6-10-8/h4-5,11H,6-7H2,1-3H3. The zero-order valence-corrected chi connectivity index (χ0v) is 7.52. The molecule has 0 unspecified atom stereocenters. The maximum Gasteiger partial charge on any atom is 0.0577 e. The predicted molar refractivity (Wildman–Crippen MR) is 49.2 cm³/mol. The molecule has 0 aliphatic carbocycles. The van der Waals surface area contributed by atoms with Crippen LogP contribution in [0.15, 0.2) is 17.1 Å². The second kappa shape index (κ2) is 3.18. The first-order valence-electron chi connectivity index (χ1n) is 4.03. The van der Waals surface area contributed by atoms with Crippen molar-refractivity contribution in [2.45, 2.75) is 26.3 Å². The second-order valence-electron chi connectivity index (χ2n) is 3.84. The molecule has 11 heavy (non-hydrogen) atoms. The van der Waals surface area contributed by atoms with Crippen molar-refractivity contribution in [1.29, 1.82) is 0 Å². The first kappa shape index (κ1) is 8.47. The van der Waals surface area contributed by atoms with E-state index in [0.29, 0.717) is 0 Å². The lowest BCUT2D eigenvalue weighted by Crippen LogP contribution is -2.38. The van der Waals surface area contributed by atoms with E-state index in [-0.39, 0.29) is 5.54 Å². The van der Waals surface area contributed by atoms with E-state index in [2.05, 4.69) is 43.2 Å². The van der Waals surface area contributed by atoms with E-state index in [9.17, 15) is 0 Å². The quantitative estimate of drug-likeness (QED) is 0.635. The smallest absolute Gasteiger partial charge is 0.0577 e. The van der Waals surface area contributed by atoms with Crippen LogP contribution in [0.5, 0.6) is 0 Å². The van der Waals surface area contributed by atoms with Gasteiger partial charge in [-0.2, -0.15) is 0 Å². The highest BCUT2D eigenvalue weighted by molar-refractivity contribution is 5.98. The third kappa shape index (κ3) is 3.33. The minimum Gasteiger partial charge on any atom is -0.306 e. The Morgan fingerprint density at radius 1 is 1.55 bits per heavy atom. The molecule has 0 radical (unpaired) electrons. The third-order valence-corrected chi connectivity index (χ3v) is 1.51. The first-order valence-corrected chi connectivity index (χ1v) is 4.03. The Bertz CT molecular complexity index is 184. The molecule has 1 heterocycles. The van der Waals surface area contributed by atoms with Gasteiger partial charge in [-0.05, 0) is 26.8 Å². The van der Waals surface area contributed by atoms with Gasteiger partial charge >= 0.3 is 0 Å². The van der Waals surface area contributed by atoms with Crippen LogP contribution in [0.4, 0.5) is 0 Å². The molecule has 0 spiro atoms. The number of hydrogen-bond acceptors (Lipinski definition) is 2. The number of rotatable bonds is 2. The molecule has 0 saturated heterocycles. The van der Waals surface area contributed by atoms with Crippen LogP contribution in [0, 0.1) is 0 Å². The molecule has 0 aromatic carbocycles. The maximum atomic E-state index is 4.28. The number of nitrogens with one attached hydrogen (secondary N) is 1. The Labute approximate surface area is 68.4 Å². The summed E-state index contributed by atoms with van der Waals surface area (Å²) >= 11 is 0. The highest BCUT2D eigenvalue weighted by Crippen LogP contribution is 1.99. The van der Waals surface area contributed by atoms with Crippen LogP contribution in [0.1, 0.15) is 20.8 Å². The molecular weight excluding hydrogens is 136 g/mol. The van der Waals surface area contributed by atoms with Crippen molar-refractivity contribution in [2.24, 2.45) is 4.99 Å². The SMILES string of the molecule is CC(C)(C)NCC1=NCC=C1. The minimum absolute atomic E-state index is 0.193. The van der Waals surface area contributed by atoms with Gasteiger partial charge in [0.05, 0.1) is 6.54 Å². The minimum atomic E-state index is 0.193. The Morgan fingerprint density at radius 2 is 2.27 bits per heavy atom. The van der Waals surface area contributed by atoms with Gasteiger partial charge in [-0.15, -0.1) is 0 Å². The zero-order valence-electron chi connectivity index (χ0n) is 7.52. The maximum absolute atomic E-state index is 4.28. The average molecular weight is 152 g/mol. The molecule has 0 bridgehead atoms. The summed E-state index contributed by atoms with van der Waals surface area (Å²) in [5, 5.41) is 3.38. The van der Waals surface area contributed by atoms with Crippen LogP contribution in [-0.2, 0) is 0 Å². The van der Waals surface area contributed by atoms with Crippen LogP contribution in [0.2, 0.25) is 0 Å². The van der Waals surface area contributed by atoms with Crippen LogP contribution in [0.25, 0.3) is 0 Å². The van der Waals surface area contributed by atoms with E-state index >= 15 is 0 Å². The Hall–Kier alpha value is -0.630. The molecule has 0 aromatic rings. The van der Waals surface area contributed by atoms with E-state index in [1.54, 1.807) is 0 Å². The molecule has 2 nitrogen and oxygen atoms in total.